The van der Waals surface area contributed by atoms with Gasteiger partial charge in [-0.05, 0) is 43.2 Å². The number of carbonyl (C=O) groups is 1. The molecule has 0 aliphatic carbocycles. The summed E-state index contributed by atoms with van der Waals surface area (Å²) < 4.78 is 20.8. The quantitative estimate of drug-likeness (QED) is 0.753. The summed E-state index contributed by atoms with van der Waals surface area (Å²) in [5.74, 6) is 0.223. The summed E-state index contributed by atoms with van der Waals surface area (Å²) in [5, 5.41) is 2.93. The van der Waals surface area contributed by atoms with Crippen molar-refractivity contribution < 1.29 is 13.9 Å². The molecule has 1 N–H and O–H groups in total. The molecular weight excluding hydrogens is 361 g/mol. The lowest BCUT2D eigenvalue weighted by Gasteiger charge is -2.11. The first kappa shape index (κ1) is 18.2. The minimum Gasteiger partial charge on any atom is -0.484 e. The number of hydrogen-bond acceptors (Lipinski definition) is 4. The zero-order valence-corrected chi connectivity index (χ0v) is 15.3. The number of para-hydroxylation sites is 1. The molecule has 0 saturated heterocycles. The molecule has 0 radical (unpaired) electrons. The Morgan fingerprint density at radius 3 is 2.89 bits per heavy atom. The molecule has 0 spiro atoms. The summed E-state index contributed by atoms with van der Waals surface area (Å²) in [6, 6.07) is 10.9. The Labute approximate surface area is 161 Å². The van der Waals surface area contributed by atoms with Gasteiger partial charge in [0.25, 0.3) is 11.5 Å². The molecule has 28 heavy (non-hydrogen) atoms. The highest BCUT2D eigenvalue weighted by atomic mass is 19.1. The zero-order chi connectivity index (χ0) is 19.5. The fourth-order valence-electron chi connectivity index (χ4n) is 3.38. The fourth-order valence-corrected chi connectivity index (χ4v) is 3.38. The third-order valence-electron chi connectivity index (χ3n) is 4.80. The number of amides is 1. The maximum atomic E-state index is 13.6. The van der Waals surface area contributed by atoms with Gasteiger partial charge in [0, 0.05) is 13.0 Å². The van der Waals surface area contributed by atoms with Crippen molar-refractivity contribution in [2.45, 2.75) is 32.2 Å². The number of ether oxygens (including phenoxy) is 1. The molecule has 144 valence electrons. The molecule has 2 aromatic carbocycles. The van der Waals surface area contributed by atoms with Crippen LogP contribution in [-0.2, 0) is 17.8 Å². The largest absolute Gasteiger partial charge is 0.484 e. The van der Waals surface area contributed by atoms with E-state index in [-0.39, 0.29) is 17.9 Å². The van der Waals surface area contributed by atoms with E-state index in [1.165, 1.54) is 12.1 Å². The van der Waals surface area contributed by atoms with Gasteiger partial charge in [0.15, 0.2) is 6.61 Å². The topological polar surface area (TPSA) is 73.2 Å². The molecule has 0 bridgehead atoms. The number of benzene rings is 2. The van der Waals surface area contributed by atoms with Crippen molar-refractivity contribution in [2.24, 2.45) is 0 Å². The molecule has 0 atom stereocenters. The van der Waals surface area contributed by atoms with E-state index in [2.05, 4.69) is 10.3 Å². The molecular formula is C21H20FN3O3. The van der Waals surface area contributed by atoms with E-state index < -0.39 is 11.7 Å². The van der Waals surface area contributed by atoms with Crippen LogP contribution in [0.1, 0.15) is 25.1 Å². The lowest BCUT2D eigenvalue weighted by molar-refractivity contribution is -0.118. The van der Waals surface area contributed by atoms with Crippen molar-refractivity contribution in [1.82, 2.24) is 9.55 Å². The zero-order valence-electron chi connectivity index (χ0n) is 15.3. The van der Waals surface area contributed by atoms with Crippen LogP contribution >= 0.6 is 0 Å². The summed E-state index contributed by atoms with van der Waals surface area (Å²) in [6.07, 6.45) is 3.90. The standard InChI is InChI=1S/C21H20FN3O3/c22-16-6-3-4-7-18(16)24-20(26)13-28-14-9-10-17-15(12-14)21(27)25-11-5-1-2-8-19(25)23-17/h3-4,6-7,9-10,12H,1-2,5,8,11,13H2,(H,24,26). The van der Waals surface area contributed by atoms with E-state index >= 15 is 0 Å². The number of fused-ring (bicyclic) bond motifs is 2. The first-order chi connectivity index (χ1) is 13.6. The molecule has 2 heterocycles. The summed E-state index contributed by atoms with van der Waals surface area (Å²) in [5.41, 5.74) is 0.643. The van der Waals surface area contributed by atoms with Crippen molar-refractivity contribution in [2.75, 3.05) is 11.9 Å². The maximum Gasteiger partial charge on any atom is 0.262 e. The number of halogens is 1. The number of hydrogen-bond donors (Lipinski definition) is 1. The van der Waals surface area contributed by atoms with Crippen molar-refractivity contribution in [3.05, 3.63) is 64.5 Å². The van der Waals surface area contributed by atoms with Gasteiger partial charge in [-0.25, -0.2) is 9.37 Å². The Morgan fingerprint density at radius 2 is 2.04 bits per heavy atom. The number of nitrogens with one attached hydrogen (secondary N) is 1. The van der Waals surface area contributed by atoms with Crippen molar-refractivity contribution in [3.63, 3.8) is 0 Å². The molecule has 1 aliphatic rings. The fraction of sp³-hybridized carbons (Fsp3) is 0.286. The number of aromatic nitrogens is 2. The summed E-state index contributed by atoms with van der Waals surface area (Å²) in [4.78, 5) is 29.5. The minimum atomic E-state index is -0.513. The van der Waals surface area contributed by atoms with E-state index in [1.54, 1.807) is 34.9 Å². The Bertz CT molecular complexity index is 1090. The maximum absolute atomic E-state index is 13.6. The van der Waals surface area contributed by atoms with Crippen molar-refractivity contribution in [1.29, 1.82) is 0 Å². The smallest absolute Gasteiger partial charge is 0.262 e. The molecule has 7 heteroatoms. The van der Waals surface area contributed by atoms with Crippen LogP contribution in [0.4, 0.5) is 10.1 Å². The highest BCUT2D eigenvalue weighted by Gasteiger charge is 2.14. The monoisotopic (exact) mass is 381 g/mol. The lowest BCUT2D eigenvalue weighted by Crippen LogP contribution is -2.24. The molecule has 1 aromatic heterocycles. The Morgan fingerprint density at radius 1 is 1.18 bits per heavy atom. The number of rotatable bonds is 4. The van der Waals surface area contributed by atoms with Crippen LogP contribution in [0.15, 0.2) is 47.3 Å². The van der Waals surface area contributed by atoms with Gasteiger partial charge in [-0.2, -0.15) is 0 Å². The van der Waals surface area contributed by atoms with Crippen LogP contribution in [0.2, 0.25) is 0 Å². The Balaban J connectivity index is 1.52. The van der Waals surface area contributed by atoms with Gasteiger partial charge >= 0.3 is 0 Å². The number of anilines is 1. The van der Waals surface area contributed by atoms with Gasteiger partial charge < -0.3 is 10.1 Å². The summed E-state index contributed by atoms with van der Waals surface area (Å²) in [6.45, 7) is 0.382. The van der Waals surface area contributed by atoms with Gasteiger partial charge in [0.05, 0.1) is 16.6 Å². The Hall–Kier alpha value is -3.22. The molecule has 3 aromatic rings. The van der Waals surface area contributed by atoms with Gasteiger partial charge in [-0.15, -0.1) is 0 Å². The van der Waals surface area contributed by atoms with Gasteiger partial charge in [0.2, 0.25) is 0 Å². The van der Waals surface area contributed by atoms with E-state index in [0.29, 0.717) is 23.2 Å². The van der Waals surface area contributed by atoms with Crippen molar-refractivity contribution >= 4 is 22.5 Å². The summed E-state index contributed by atoms with van der Waals surface area (Å²) >= 11 is 0. The lowest BCUT2D eigenvalue weighted by atomic mass is 10.2. The van der Waals surface area contributed by atoms with Gasteiger partial charge in [0.1, 0.15) is 17.4 Å². The third kappa shape index (κ3) is 3.74. The molecule has 4 rings (SSSR count). The molecule has 0 unspecified atom stereocenters. The van der Waals surface area contributed by atoms with Gasteiger partial charge in [-0.1, -0.05) is 18.6 Å². The normalized spacial score (nSPS) is 13.6. The number of nitrogens with zero attached hydrogens (tertiary/aromatic N) is 2. The predicted octanol–water partition coefficient (Wildman–Crippen LogP) is 3.28. The molecule has 1 amide bonds. The highest BCUT2D eigenvalue weighted by Crippen LogP contribution is 2.20. The first-order valence-corrected chi connectivity index (χ1v) is 9.32. The molecule has 0 saturated carbocycles. The van der Waals surface area contributed by atoms with E-state index in [1.807, 2.05) is 0 Å². The van der Waals surface area contributed by atoms with Crippen LogP contribution in [0, 0.1) is 5.82 Å². The van der Waals surface area contributed by atoms with Crippen LogP contribution in [0.25, 0.3) is 10.9 Å². The Kier molecular flexibility index (Phi) is 5.06. The second kappa shape index (κ2) is 7.80. The van der Waals surface area contributed by atoms with E-state index in [4.69, 9.17) is 4.74 Å². The molecule has 6 nitrogen and oxygen atoms in total. The minimum absolute atomic E-state index is 0.0804. The average Bonchev–Trinajstić information content (AvgIpc) is 2.94. The van der Waals surface area contributed by atoms with Crippen LogP contribution < -0.4 is 15.6 Å². The highest BCUT2D eigenvalue weighted by molar-refractivity contribution is 5.92. The van der Waals surface area contributed by atoms with Crippen LogP contribution in [-0.4, -0.2) is 22.1 Å². The second-order valence-electron chi connectivity index (χ2n) is 6.79. The third-order valence-corrected chi connectivity index (χ3v) is 4.80. The average molecular weight is 381 g/mol. The van der Waals surface area contributed by atoms with Crippen LogP contribution in [0.3, 0.4) is 0 Å². The second-order valence-corrected chi connectivity index (χ2v) is 6.79. The van der Waals surface area contributed by atoms with Crippen molar-refractivity contribution in [3.8, 4) is 5.75 Å². The predicted molar refractivity (Wildman–Crippen MR) is 104 cm³/mol. The van der Waals surface area contributed by atoms with E-state index in [9.17, 15) is 14.0 Å². The van der Waals surface area contributed by atoms with Gasteiger partial charge in [-0.3, -0.25) is 14.2 Å². The molecule has 0 fully saturated rings. The van der Waals surface area contributed by atoms with Crippen LogP contribution in [0.5, 0.6) is 5.75 Å². The summed E-state index contributed by atoms with van der Waals surface area (Å²) in [7, 11) is 0. The SMILES string of the molecule is O=C(COc1ccc2nc3n(c(=O)c2c1)CCCCC3)Nc1ccccc1F. The number of aryl methyl sites for hydroxylation is 1. The first-order valence-electron chi connectivity index (χ1n) is 9.32. The molecule has 1 aliphatic heterocycles. The van der Waals surface area contributed by atoms with E-state index in [0.717, 1.165) is 31.5 Å². The number of carbonyl (C=O) groups excluding carboxylic acids is 1.